The quantitative estimate of drug-likeness (QED) is 0.0938. The zero-order valence-corrected chi connectivity index (χ0v) is 42.9. The van der Waals surface area contributed by atoms with Crippen molar-refractivity contribution >= 4 is 63.7 Å². The molecular weight excluding hydrogens is 985 g/mol. The molecule has 14 nitrogen and oxygen atoms in total. The molecule has 0 aliphatic rings. The molecule has 72 heavy (non-hydrogen) atoms. The number of hydrogen-bond donors (Lipinski definition) is 0. The van der Waals surface area contributed by atoms with Crippen molar-refractivity contribution in [2.45, 2.75) is 59.1 Å². The summed E-state index contributed by atoms with van der Waals surface area (Å²) < 4.78 is 79.2. The third-order valence-electron chi connectivity index (χ3n) is 11.8. The number of thioether (sulfide) groups is 1. The van der Waals surface area contributed by atoms with Gasteiger partial charge < -0.3 is 0 Å². The summed E-state index contributed by atoms with van der Waals surface area (Å²) in [5.74, 6) is 1.35. The number of sulfone groups is 1. The first-order valence-corrected chi connectivity index (χ1v) is 28.6. The van der Waals surface area contributed by atoms with Crippen LogP contribution in [0.25, 0.3) is 22.1 Å². The molecule has 0 saturated carbocycles. The van der Waals surface area contributed by atoms with Gasteiger partial charge in [-0.2, -0.15) is 0 Å². The van der Waals surface area contributed by atoms with E-state index < -0.39 is 29.9 Å². The number of pyridine rings is 2. The Bertz CT molecular complexity index is 3890. The van der Waals surface area contributed by atoms with Gasteiger partial charge in [0.05, 0.1) is 14.7 Å². The Hall–Kier alpha value is -7.38. The zero-order valence-electron chi connectivity index (χ0n) is 39.7. The molecule has 10 rings (SSSR count). The van der Waals surface area contributed by atoms with Crippen molar-refractivity contribution in [3.05, 3.63) is 227 Å². The smallest absolute Gasteiger partial charge is 0.241 e. The van der Waals surface area contributed by atoms with Crippen LogP contribution in [0.15, 0.2) is 190 Å². The van der Waals surface area contributed by atoms with Crippen LogP contribution in [0.5, 0.6) is 0 Å². The highest BCUT2D eigenvalue weighted by Crippen LogP contribution is 2.29. The summed E-state index contributed by atoms with van der Waals surface area (Å²) in [4.78, 5) is 28.9. The number of fused-ring (bicyclic) bond motifs is 2. The number of rotatable bonds is 14. The minimum atomic E-state index is -3.82. The molecule has 0 amide bonds. The van der Waals surface area contributed by atoms with Gasteiger partial charge in [-0.25, -0.2) is 63.1 Å². The summed E-state index contributed by atoms with van der Waals surface area (Å²) in [7, 11) is -10.8. The Labute approximate surface area is 423 Å². The average Bonchev–Trinajstić information content (AvgIpc) is 3.93. The number of aryl methyl sites for hydroxylation is 2. The van der Waals surface area contributed by atoms with Gasteiger partial charge in [0, 0.05) is 97.2 Å². The Morgan fingerprint density at radius 3 is 1.21 bits per heavy atom. The minimum absolute atomic E-state index is 0.193. The summed E-state index contributed by atoms with van der Waals surface area (Å²) in [6.45, 7) is 3.86. The normalized spacial score (nSPS) is 11.9. The summed E-state index contributed by atoms with van der Waals surface area (Å²) in [5, 5.41) is 1.57. The largest absolute Gasteiger partial charge is 0.269 e. The van der Waals surface area contributed by atoms with Crippen LogP contribution in [-0.4, -0.2) is 75.6 Å². The van der Waals surface area contributed by atoms with Crippen molar-refractivity contribution in [2.75, 3.05) is 12.5 Å². The number of nitrogens with zero attached hydrogens (tertiary/aromatic N) is 8. The fourth-order valence-electron chi connectivity index (χ4n) is 8.08. The van der Waals surface area contributed by atoms with Crippen molar-refractivity contribution < 1.29 is 25.3 Å². The molecule has 0 unspecified atom stereocenters. The molecular formula is C54H48N8O6S4. The van der Waals surface area contributed by atoms with Crippen molar-refractivity contribution in [3.63, 3.8) is 0 Å². The van der Waals surface area contributed by atoms with Crippen LogP contribution in [0.4, 0.5) is 0 Å². The summed E-state index contributed by atoms with van der Waals surface area (Å²) in [5.41, 5.74) is 8.14. The van der Waals surface area contributed by atoms with E-state index in [1.165, 1.54) is 19.1 Å². The molecule has 10 aromatic rings. The second-order valence-electron chi connectivity index (χ2n) is 17.3. The maximum absolute atomic E-state index is 13.4. The monoisotopic (exact) mass is 1030 g/mol. The first kappa shape index (κ1) is 49.6. The first-order valence-electron chi connectivity index (χ1n) is 22.6. The summed E-state index contributed by atoms with van der Waals surface area (Å²) in [6.07, 6.45) is 19.0. The lowest BCUT2D eigenvalue weighted by atomic mass is 10.1. The maximum atomic E-state index is 13.4. The van der Waals surface area contributed by atoms with Gasteiger partial charge in [-0.15, -0.1) is 11.8 Å². The van der Waals surface area contributed by atoms with E-state index in [1.807, 2.05) is 38.4 Å². The van der Waals surface area contributed by atoms with Crippen molar-refractivity contribution in [1.82, 2.24) is 37.8 Å². The molecule has 0 atom stereocenters. The highest BCUT2D eigenvalue weighted by molar-refractivity contribution is 7.98. The van der Waals surface area contributed by atoms with Gasteiger partial charge in [-0.05, 0) is 125 Å². The maximum Gasteiger partial charge on any atom is 0.269 e. The van der Waals surface area contributed by atoms with E-state index in [-0.39, 0.29) is 14.7 Å². The van der Waals surface area contributed by atoms with Gasteiger partial charge in [0.1, 0.15) is 11.6 Å². The predicted octanol–water partition coefficient (Wildman–Crippen LogP) is 9.23. The van der Waals surface area contributed by atoms with Gasteiger partial charge in [-0.3, -0.25) is 0 Å². The van der Waals surface area contributed by atoms with E-state index in [0.717, 1.165) is 61.1 Å². The highest BCUT2D eigenvalue weighted by Gasteiger charge is 2.24. The molecule has 0 bridgehead atoms. The highest BCUT2D eigenvalue weighted by atomic mass is 32.2. The summed E-state index contributed by atoms with van der Waals surface area (Å²) in [6, 6.07) is 35.7. The third kappa shape index (κ3) is 11.1. The number of hydrogen-bond acceptors (Lipinski definition) is 13. The van der Waals surface area contributed by atoms with E-state index in [4.69, 9.17) is 0 Å². The molecule has 6 aromatic heterocycles. The van der Waals surface area contributed by atoms with Crippen LogP contribution < -0.4 is 0 Å². The van der Waals surface area contributed by atoms with Crippen LogP contribution in [0.3, 0.4) is 0 Å². The predicted molar refractivity (Wildman–Crippen MR) is 280 cm³/mol. The van der Waals surface area contributed by atoms with Crippen molar-refractivity contribution in [3.8, 4) is 0 Å². The average molecular weight is 1030 g/mol. The number of aromatic nitrogens is 8. The van der Waals surface area contributed by atoms with E-state index in [9.17, 15) is 25.3 Å². The SMILES string of the molecule is CSc1ccc(Cc2ncc(Cc3cn(S(=O)(=O)c4ccccc4)c4ncc(C)cc34)cn2)cc1.Cc1cnc2c(c1)c(Cc1cnc(Cc3ccc(S(C)(=O)=O)cc3)nc1)cn2S(=O)(=O)c1ccccc1. The molecule has 0 aliphatic carbocycles. The topological polar surface area (TPSA) is 190 Å². The van der Waals surface area contributed by atoms with Crippen LogP contribution in [0, 0.1) is 13.8 Å². The second-order valence-corrected chi connectivity index (χ2v) is 23.8. The summed E-state index contributed by atoms with van der Waals surface area (Å²) >= 11 is 1.71. The molecule has 6 heterocycles. The third-order valence-corrected chi connectivity index (χ3v) is 17.0. The van der Waals surface area contributed by atoms with E-state index >= 15 is 0 Å². The van der Waals surface area contributed by atoms with Gasteiger partial charge in [0.25, 0.3) is 20.0 Å². The Balaban J connectivity index is 0.000000178. The minimum Gasteiger partial charge on any atom is -0.241 e. The lowest BCUT2D eigenvalue weighted by molar-refractivity contribution is 0.587. The molecule has 4 aromatic carbocycles. The fourth-order valence-corrected chi connectivity index (χ4v) is 11.9. The molecule has 0 saturated heterocycles. The van der Waals surface area contributed by atoms with Crippen LogP contribution in [0.1, 0.15) is 56.2 Å². The van der Waals surface area contributed by atoms with Crippen molar-refractivity contribution in [1.29, 1.82) is 0 Å². The second kappa shape index (κ2) is 20.8. The zero-order chi connectivity index (χ0) is 50.6. The van der Waals surface area contributed by atoms with Crippen molar-refractivity contribution in [2.24, 2.45) is 0 Å². The van der Waals surface area contributed by atoms with Gasteiger partial charge in [-0.1, -0.05) is 60.7 Å². The van der Waals surface area contributed by atoms with Crippen LogP contribution in [0.2, 0.25) is 0 Å². The molecule has 0 N–H and O–H groups in total. The van der Waals surface area contributed by atoms with Gasteiger partial charge >= 0.3 is 0 Å². The molecule has 0 aliphatic heterocycles. The number of benzene rings is 4. The standard InChI is InChI=1S/C27H24N4O4S2.C27H24N4O2S2/c1-19-12-25-22(18-31(27(25)30-15-19)37(34,35)24-6-4-3-5-7-24)13-21-16-28-26(29-17-21)14-20-8-10-23(11-9-20)36(2,32)33;1-19-12-25-22(18-31(27(25)30-15-19)35(32,33)24-6-4-3-5-7-24)13-21-16-28-26(29-17-21)14-20-8-10-23(34-2)11-9-20/h3-12,15-18H,13-14H2,1-2H3;3-12,15-18H,13-14H2,1-2H3. The van der Waals surface area contributed by atoms with Gasteiger partial charge in [0.15, 0.2) is 21.1 Å². The van der Waals surface area contributed by atoms with E-state index in [0.29, 0.717) is 42.8 Å². The lowest BCUT2D eigenvalue weighted by Crippen LogP contribution is -2.12. The molecule has 0 radical (unpaired) electrons. The lowest BCUT2D eigenvalue weighted by Gasteiger charge is -2.06. The molecule has 0 spiro atoms. The Kier molecular flexibility index (Phi) is 14.3. The van der Waals surface area contributed by atoms with Gasteiger partial charge in [0.2, 0.25) is 0 Å². The van der Waals surface area contributed by atoms with E-state index in [1.54, 1.807) is 134 Å². The first-order chi connectivity index (χ1) is 34.5. The van der Waals surface area contributed by atoms with Crippen LogP contribution in [-0.2, 0) is 55.6 Å². The Morgan fingerprint density at radius 1 is 0.444 bits per heavy atom. The molecule has 364 valence electrons. The fraction of sp³-hybridized carbons (Fsp3) is 0.148. The van der Waals surface area contributed by atoms with E-state index in [2.05, 4.69) is 60.4 Å². The van der Waals surface area contributed by atoms with Crippen LogP contribution >= 0.6 is 11.8 Å². The molecule has 0 fully saturated rings. The molecule has 18 heteroatoms. The Morgan fingerprint density at radius 2 is 0.833 bits per heavy atom.